The Kier molecular flexibility index (Phi) is 2.69. The Balaban J connectivity index is 2.24. The molecule has 16 heavy (non-hydrogen) atoms. The lowest BCUT2D eigenvalue weighted by Crippen LogP contribution is -2.40. The van der Waals surface area contributed by atoms with Crippen molar-refractivity contribution in [2.45, 2.75) is 47.1 Å². The Morgan fingerprint density at radius 3 is 2.44 bits per heavy atom. The predicted octanol–water partition coefficient (Wildman–Crippen LogP) is 2.50. The molecule has 0 amide bonds. The van der Waals surface area contributed by atoms with Gasteiger partial charge in [0.15, 0.2) is 0 Å². The molecule has 5 atom stereocenters. The standard InChI is InChI=1S/C14H24O2/c1-7(2)12(15)10-11-9(14(11,4)5)6-8(3)13(10)16/h7-12,15H,6H2,1-5H3/t8-,9-,10?,11?,12-/m1/s1. The van der Waals surface area contributed by atoms with Crippen molar-refractivity contribution in [1.29, 1.82) is 0 Å². The summed E-state index contributed by atoms with van der Waals surface area (Å²) in [5.74, 6) is 1.58. The zero-order chi connectivity index (χ0) is 12.2. The SMILES string of the molecule is CC(C)[C@@H](O)C1C(=O)[C@H](C)C[C@@H]2C1C2(C)C. The largest absolute Gasteiger partial charge is 0.392 e. The fourth-order valence-electron chi connectivity index (χ4n) is 3.75. The van der Waals surface area contributed by atoms with Crippen molar-refractivity contribution in [2.24, 2.45) is 35.0 Å². The highest BCUT2D eigenvalue weighted by atomic mass is 16.3. The molecule has 2 aliphatic carbocycles. The number of carbonyl (C=O) groups excluding carboxylic acids is 1. The van der Waals surface area contributed by atoms with Gasteiger partial charge in [0.25, 0.3) is 0 Å². The van der Waals surface area contributed by atoms with E-state index in [1.54, 1.807) is 0 Å². The molecule has 2 nitrogen and oxygen atoms in total. The van der Waals surface area contributed by atoms with E-state index in [0.717, 1.165) is 6.42 Å². The molecule has 0 heterocycles. The van der Waals surface area contributed by atoms with Crippen molar-refractivity contribution < 1.29 is 9.90 Å². The summed E-state index contributed by atoms with van der Waals surface area (Å²) in [6.45, 7) is 10.5. The number of fused-ring (bicyclic) bond motifs is 1. The molecule has 2 rings (SSSR count). The Morgan fingerprint density at radius 2 is 1.94 bits per heavy atom. The number of carbonyl (C=O) groups is 1. The van der Waals surface area contributed by atoms with Crippen LogP contribution in [-0.2, 0) is 4.79 Å². The van der Waals surface area contributed by atoms with E-state index in [-0.39, 0.29) is 23.2 Å². The van der Waals surface area contributed by atoms with Crippen LogP contribution in [0.4, 0.5) is 0 Å². The molecule has 0 aromatic heterocycles. The highest BCUT2D eigenvalue weighted by molar-refractivity contribution is 5.86. The van der Waals surface area contributed by atoms with E-state index < -0.39 is 6.10 Å². The Bertz CT molecular complexity index is 306. The maximum absolute atomic E-state index is 12.2. The van der Waals surface area contributed by atoms with Crippen LogP contribution in [0.3, 0.4) is 0 Å². The molecule has 2 fully saturated rings. The lowest BCUT2D eigenvalue weighted by molar-refractivity contribution is -0.134. The molecule has 0 bridgehead atoms. The Labute approximate surface area is 98.4 Å². The lowest BCUT2D eigenvalue weighted by Gasteiger charge is -2.31. The molecule has 0 aromatic carbocycles. The van der Waals surface area contributed by atoms with Crippen LogP contribution >= 0.6 is 0 Å². The molecule has 2 unspecified atom stereocenters. The molecule has 0 spiro atoms. The van der Waals surface area contributed by atoms with E-state index in [1.807, 2.05) is 20.8 Å². The zero-order valence-electron chi connectivity index (χ0n) is 11.0. The van der Waals surface area contributed by atoms with Crippen molar-refractivity contribution in [3.8, 4) is 0 Å². The third-order valence-electron chi connectivity index (χ3n) is 5.00. The summed E-state index contributed by atoms with van der Waals surface area (Å²) < 4.78 is 0. The highest BCUT2D eigenvalue weighted by Gasteiger charge is 2.66. The molecular formula is C14H24O2. The molecule has 2 heteroatoms. The van der Waals surface area contributed by atoms with Gasteiger partial charge in [0.1, 0.15) is 5.78 Å². The second-order valence-electron chi connectivity index (χ2n) is 6.75. The van der Waals surface area contributed by atoms with Crippen LogP contribution in [0.5, 0.6) is 0 Å². The van der Waals surface area contributed by atoms with Crippen molar-refractivity contribution >= 4 is 5.78 Å². The van der Waals surface area contributed by atoms with E-state index in [1.165, 1.54) is 0 Å². The van der Waals surface area contributed by atoms with E-state index in [0.29, 0.717) is 17.6 Å². The third-order valence-corrected chi connectivity index (χ3v) is 5.00. The topological polar surface area (TPSA) is 37.3 Å². The first kappa shape index (κ1) is 12.1. The molecule has 0 aromatic rings. The van der Waals surface area contributed by atoms with Gasteiger partial charge in [0.05, 0.1) is 6.10 Å². The van der Waals surface area contributed by atoms with Gasteiger partial charge >= 0.3 is 0 Å². The molecular weight excluding hydrogens is 200 g/mol. The number of aliphatic hydroxyl groups is 1. The minimum Gasteiger partial charge on any atom is -0.392 e. The van der Waals surface area contributed by atoms with Gasteiger partial charge in [-0.25, -0.2) is 0 Å². The van der Waals surface area contributed by atoms with Crippen molar-refractivity contribution in [2.75, 3.05) is 0 Å². The zero-order valence-corrected chi connectivity index (χ0v) is 11.0. The molecule has 0 aliphatic heterocycles. The van der Waals surface area contributed by atoms with Crippen LogP contribution in [0.25, 0.3) is 0 Å². The summed E-state index contributed by atoms with van der Waals surface area (Å²) >= 11 is 0. The Morgan fingerprint density at radius 1 is 1.38 bits per heavy atom. The second-order valence-corrected chi connectivity index (χ2v) is 6.75. The quantitative estimate of drug-likeness (QED) is 0.782. The summed E-state index contributed by atoms with van der Waals surface area (Å²) in [7, 11) is 0. The van der Waals surface area contributed by atoms with E-state index >= 15 is 0 Å². The van der Waals surface area contributed by atoms with Crippen LogP contribution in [0.1, 0.15) is 41.0 Å². The summed E-state index contributed by atoms with van der Waals surface area (Å²) in [6, 6.07) is 0. The van der Waals surface area contributed by atoms with Crippen LogP contribution in [-0.4, -0.2) is 17.0 Å². The third kappa shape index (κ3) is 1.54. The van der Waals surface area contributed by atoms with E-state index in [2.05, 4.69) is 13.8 Å². The number of Topliss-reactive ketones (excluding diaryl/α,β-unsaturated/α-hetero) is 1. The van der Waals surface area contributed by atoms with Crippen molar-refractivity contribution in [1.82, 2.24) is 0 Å². The van der Waals surface area contributed by atoms with Gasteiger partial charge in [0.2, 0.25) is 0 Å². The normalized spacial score (nSPS) is 43.1. The van der Waals surface area contributed by atoms with Gasteiger partial charge < -0.3 is 5.11 Å². The molecule has 2 aliphatic rings. The van der Waals surface area contributed by atoms with Crippen LogP contribution in [0.15, 0.2) is 0 Å². The van der Waals surface area contributed by atoms with Crippen LogP contribution < -0.4 is 0 Å². The first-order valence-electron chi connectivity index (χ1n) is 6.50. The van der Waals surface area contributed by atoms with Crippen LogP contribution in [0, 0.1) is 35.0 Å². The van der Waals surface area contributed by atoms with Crippen LogP contribution in [0.2, 0.25) is 0 Å². The fraction of sp³-hybridized carbons (Fsp3) is 0.929. The first-order chi connectivity index (χ1) is 7.28. The molecule has 1 N–H and O–H groups in total. The van der Waals surface area contributed by atoms with Gasteiger partial charge in [-0.3, -0.25) is 4.79 Å². The van der Waals surface area contributed by atoms with E-state index in [4.69, 9.17) is 0 Å². The number of hydrogen-bond acceptors (Lipinski definition) is 2. The molecule has 0 radical (unpaired) electrons. The minimum absolute atomic E-state index is 0.108. The fourth-order valence-corrected chi connectivity index (χ4v) is 3.75. The average Bonchev–Trinajstić information content (AvgIpc) is 2.69. The van der Waals surface area contributed by atoms with E-state index in [9.17, 15) is 9.90 Å². The number of hydrogen-bond donors (Lipinski definition) is 1. The molecule has 0 saturated heterocycles. The van der Waals surface area contributed by atoms with Gasteiger partial charge in [0, 0.05) is 11.8 Å². The number of rotatable bonds is 2. The average molecular weight is 224 g/mol. The monoisotopic (exact) mass is 224 g/mol. The molecule has 2 saturated carbocycles. The first-order valence-corrected chi connectivity index (χ1v) is 6.50. The highest BCUT2D eigenvalue weighted by Crippen LogP contribution is 2.67. The lowest BCUT2D eigenvalue weighted by atomic mass is 9.75. The van der Waals surface area contributed by atoms with Crippen molar-refractivity contribution in [3.05, 3.63) is 0 Å². The van der Waals surface area contributed by atoms with Crippen molar-refractivity contribution in [3.63, 3.8) is 0 Å². The summed E-state index contributed by atoms with van der Waals surface area (Å²) in [5, 5.41) is 10.2. The van der Waals surface area contributed by atoms with Gasteiger partial charge in [-0.2, -0.15) is 0 Å². The maximum atomic E-state index is 12.2. The van der Waals surface area contributed by atoms with Gasteiger partial charge in [-0.1, -0.05) is 34.6 Å². The second kappa shape index (κ2) is 3.56. The minimum atomic E-state index is -0.454. The summed E-state index contributed by atoms with van der Waals surface area (Å²) in [4.78, 5) is 12.2. The number of ketones is 1. The molecule has 92 valence electrons. The predicted molar refractivity (Wildman–Crippen MR) is 63.9 cm³/mol. The summed E-state index contributed by atoms with van der Waals surface area (Å²) in [6.07, 6.45) is 0.571. The smallest absolute Gasteiger partial charge is 0.141 e. The van der Waals surface area contributed by atoms with Gasteiger partial charge in [-0.15, -0.1) is 0 Å². The maximum Gasteiger partial charge on any atom is 0.141 e. The van der Waals surface area contributed by atoms with Gasteiger partial charge in [-0.05, 0) is 29.6 Å². The number of aliphatic hydroxyl groups excluding tert-OH is 1. The summed E-state index contributed by atoms with van der Waals surface area (Å²) in [5.41, 5.74) is 0.265. The Hall–Kier alpha value is -0.370.